The number of rotatable bonds is 5. The van der Waals surface area contributed by atoms with Crippen molar-refractivity contribution in [1.29, 1.82) is 0 Å². The Bertz CT molecular complexity index is 771. The molecule has 3 rings (SSSR count). The number of hydrogen-bond donors (Lipinski definition) is 1. The number of carbonyl (C=O) groups excluding carboxylic acids is 2. The van der Waals surface area contributed by atoms with Gasteiger partial charge in [-0.3, -0.25) is 14.6 Å². The number of likely N-dealkylation sites (tertiary alicyclic amines) is 1. The molecule has 2 heterocycles. The van der Waals surface area contributed by atoms with Crippen molar-refractivity contribution >= 4 is 11.8 Å². The number of piperidine rings is 1. The summed E-state index contributed by atoms with van der Waals surface area (Å²) in [5.41, 5.74) is 1.67. The van der Waals surface area contributed by atoms with Crippen LogP contribution in [0.1, 0.15) is 45.7 Å². The van der Waals surface area contributed by atoms with Crippen LogP contribution in [0.5, 0.6) is 0 Å². The molecule has 1 aromatic heterocycles. The molecule has 0 saturated carbocycles. The molecular formula is C20H22FN3O2. The SMILES string of the molecule is O=C(NCCc1ccc(F)cc1)c1ccnc(C(=O)N2CCCCC2)c1. The zero-order valence-electron chi connectivity index (χ0n) is 14.6. The molecule has 1 aliphatic heterocycles. The number of carbonyl (C=O) groups is 2. The Kier molecular flexibility index (Phi) is 5.94. The molecule has 2 aromatic rings. The van der Waals surface area contributed by atoms with Gasteiger partial charge in [-0.25, -0.2) is 4.39 Å². The lowest BCUT2D eigenvalue weighted by atomic mass is 10.1. The maximum atomic E-state index is 12.9. The molecule has 26 heavy (non-hydrogen) atoms. The van der Waals surface area contributed by atoms with Crippen molar-refractivity contribution in [1.82, 2.24) is 15.2 Å². The van der Waals surface area contributed by atoms with Crippen LogP contribution in [0, 0.1) is 5.82 Å². The van der Waals surface area contributed by atoms with Gasteiger partial charge in [0.05, 0.1) is 0 Å². The minimum atomic E-state index is -0.277. The Morgan fingerprint density at radius 2 is 1.81 bits per heavy atom. The molecule has 1 saturated heterocycles. The Morgan fingerprint density at radius 3 is 2.54 bits per heavy atom. The van der Waals surface area contributed by atoms with E-state index in [0.717, 1.165) is 37.9 Å². The first-order valence-corrected chi connectivity index (χ1v) is 8.91. The number of hydrogen-bond acceptors (Lipinski definition) is 3. The minimum Gasteiger partial charge on any atom is -0.352 e. The number of halogens is 1. The highest BCUT2D eigenvalue weighted by Gasteiger charge is 2.20. The van der Waals surface area contributed by atoms with E-state index in [1.807, 2.05) is 0 Å². The molecule has 0 atom stereocenters. The van der Waals surface area contributed by atoms with E-state index in [1.165, 1.54) is 18.3 Å². The van der Waals surface area contributed by atoms with Crippen LogP contribution in [0.15, 0.2) is 42.6 Å². The van der Waals surface area contributed by atoms with E-state index in [4.69, 9.17) is 0 Å². The van der Waals surface area contributed by atoms with Crippen LogP contribution in [-0.4, -0.2) is 41.3 Å². The standard InChI is InChI=1S/C20H22FN3O2/c21-17-6-4-15(5-7-17)8-10-23-19(25)16-9-11-22-18(14-16)20(26)24-12-2-1-3-13-24/h4-7,9,11,14H,1-3,8,10,12-13H2,(H,23,25). The van der Waals surface area contributed by atoms with E-state index in [9.17, 15) is 14.0 Å². The zero-order chi connectivity index (χ0) is 18.4. The Balaban J connectivity index is 1.57. The van der Waals surface area contributed by atoms with E-state index in [0.29, 0.717) is 24.2 Å². The highest BCUT2D eigenvalue weighted by atomic mass is 19.1. The van der Waals surface area contributed by atoms with Crippen LogP contribution in [-0.2, 0) is 6.42 Å². The maximum absolute atomic E-state index is 12.9. The lowest BCUT2D eigenvalue weighted by Gasteiger charge is -2.26. The van der Waals surface area contributed by atoms with Crippen molar-refractivity contribution in [2.45, 2.75) is 25.7 Å². The number of aromatic nitrogens is 1. The van der Waals surface area contributed by atoms with Crippen molar-refractivity contribution in [3.63, 3.8) is 0 Å². The first-order valence-electron chi connectivity index (χ1n) is 8.91. The smallest absolute Gasteiger partial charge is 0.272 e. The topological polar surface area (TPSA) is 62.3 Å². The van der Waals surface area contributed by atoms with Gasteiger partial charge in [0, 0.05) is 31.4 Å². The average Bonchev–Trinajstić information content (AvgIpc) is 2.69. The first kappa shape index (κ1) is 18.0. The third-order valence-electron chi connectivity index (χ3n) is 4.50. The number of nitrogens with one attached hydrogen (secondary N) is 1. The van der Waals surface area contributed by atoms with Gasteiger partial charge >= 0.3 is 0 Å². The van der Waals surface area contributed by atoms with Gasteiger partial charge in [0.2, 0.25) is 0 Å². The molecule has 0 aliphatic carbocycles. The second-order valence-electron chi connectivity index (χ2n) is 6.41. The van der Waals surface area contributed by atoms with Gasteiger partial charge in [-0.1, -0.05) is 12.1 Å². The Labute approximate surface area is 152 Å². The van der Waals surface area contributed by atoms with Crippen LogP contribution in [0.2, 0.25) is 0 Å². The second kappa shape index (κ2) is 8.56. The largest absolute Gasteiger partial charge is 0.352 e. The molecule has 0 spiro atoms. The van der Waals surface area contributed by atoms with Gasteiger partial charge in [0.25, 0.3) is 11.8 Å². The van der Waals surface area contributed by atoms with E-state index in [2.05, 4.69) is 10.3 Å². The quantitative estimate of drug-likeness (QED) is 0.897. The van der Waals surface area contributed by atoms with Crippen molar-refractivity contribution in [2.24, 2.45) is 0 Å². The first-order chi connectivity index (χ1) is 12.6. The summed E-state index contributed by atoms with van der Waals surface area (Å²) in [6.45, 7) is 1.92. The summed E-state index contributed by atoms with van der Waals surface area (Å²) in [5, 5.41) is 2.82. The van der Waals surface area contributed by atoms with Crippen LogP contribution in [0.3, 0.4) is 0 Å². The van der Waals surface area contributed by atoms with E-state index in [-0.39, 0.29) is 17.6 Å². The second-order valence-corrected chi connectivity index (χ2v) is 6.41. The van der Waals surface area contributed by atoms with Crippen LogP contribution in [0.4, 0.5) is 4.39 Å². The Hall–Kier alpha value is -2.76. The monoisotopic (exact) mass is 355 g/mol. The molecule has 0 radical (unpaired) electrons. The predicted octanol–water partition coefficient (Wildman–Crippen LogP) is 2.82. The van der Waals surface area contributed by atoms with Gasteiger partial charge in [0.1, 0.15) is 11.5 Å². The van der Waals surface area contributed by atoms with Crippen molar-refractivity contribution in [3.8, 4) is 0 Å². The number of pyridine rings is 1. The fourth-order valence-corrected chi connectivity index (χ4v) is 3.02. The minimum absolute atomic E-state index is 0.120. The molecule has 1 N–H and O–H groups in total. The highest BCUT2D eigenvalue weighted by Crippen LogP contribution is 2.13. The maximum Gasteiger partial charge on any atom is 0.272 e. The molecule has 0 unspecified atom stereocenters. The molecule has 1 fully saturated rings. The van der Waals surface area contributed by atoms with Crippen molar-refractivity contribution in [2.75, 3.05) is 19.6 Å². The molecule has 1 aromatic carbocycles. The molecule has 1 aliphatic rings. The van der Waals surface area contributed by atoms with Gasteiger partial charge in [-0.05, 0) is 55.5 Å². The van der Waals surface area contributed by atoms with Gasteiger partial charge in [-0.2, -0.15) is 0 Å². The summed E-state index contributed by atoms with van der Waals surface area (Å²) in [7, 11) is 0. The molecule has 0 bridgehead atoms. The zero-order valence-corrected chi connectivity index (χ0v) is 14.6. The summed E-state index contributed by atoms with van der Waals surface area (Å²) in [5.74, 6) is -0.645. The molecule has 2 amide bonds. The normalized spacial score (nSPS) is 14.1. The van der Waals surface area contributed by atoms with Gasteiger partial charge in [0.15, 0.2) is 0 Å². The van der Waals surface area contributed by atoms with E-state index >= 15 is 0 Å². The summed E-state index contributed by atoms with van der Waals surface area (Å²) in [6, 6.07) is 9.34. The van der Waals surface area contributed by atoms with Crippen LogP contribution in [0.25, 0.3) is 0 Å². The molecule has 5 nitrogen and oxygen atoms in total. The highest BCUT2D eigenvalue weighted by molar-refractivity contribution is 5.98. The lowest BCUT2D eigenvalue weighted by molar-refractivity contribution is 0.0718. The number of nitrogens with zero attached hydrogens (tertiary/aromatic N) is 2. The lowest BCUT2D eigenvalue weighted by Crippen LogP contribution is -2.36. The van der Waals surface area contributed by atoms with Crippen LogP contribution >= 0.6 is 0 Å². The number of benzene rings is 1. The third-order valence-corrected chi connectivity index (χ3v) is 4.50. The molecule has 6 heteroatoms. The summed E-state index contributed by atoms with van der Waals surface area (Å²) in [6.07, 6.45) is 5.26. The Morgan fingerprint density at radius 1 is 1.08 bits per heavy atom. The fraction of sp³-hybridized carbons (Fsp3) is 0.350. The fourth-order valence-electron chi connectivity index (χ4n) is 3.02. The summed E-state index contributed by atoms with van der Waals surface area (Å²) in [4.78, 5) is 30.7. The van der Waals surface area contributed by atoms with Gasteiger partial charge in [-0.15, -0.1) is 0 Å². The number of amides is 2. The van der Waals surface area contributed by atoms with Gasteiger partial charge < -0.3 is 10.2 Å². The van der Waals surface area contributed by atoms with Crippen molar-refractivity contribution in [3.05, 3.63) is 65.2 Å². The van der Waals surface area contributed by atoms with Crippen LogP contribution < -0.4 is 5.32 Å². The van der Waals surface area contributed by atoms with E-state index < -0.39 is 0 Å². The summed E-state index contributed by atoms with van der Waals surface area (Å²) < 4.78 is 12.9. The van der Waals surface area contributed by atoms with E-state index in [1.54, 1.807) is 29.2 Å². The van der Waals surface area contributed by atoms with Crippen molar-refractivity contribution < 1.29 is 14.0 Å². The summed E-state index contributed by atoms with van der Waals surface area (Å²) >= 11 is 0. The average molecular weight is 355 g/mol. The third kappa shape index (κ3) is 4.65. The molecule has 136 valence electrons. The molecular weight excluding hydrogens is 333 g/mol. The predicted molar refractivity (Wildman–Crippen MR) is 96.4 cm³/mol.